The summed E-state index contributed by atoms with van der Waals surface area (Å²) >= 11 is 17.6. The quantitative estimate of drug-likeness (QED) is 0.595. The van der Waals surface area contributed by atoms with E-state index in [4.69, 9.17) is 34.8 Å². The van der Waals surface area contributed by atoms with Gasteiger partial charge in [-0.1, -0.05) is 46.9 Å². The summed E-state index contributed by atoms with van der Waals surface area (Å²) in [4.78, 5) is 4.22. The van der Waals surface area contributed by atoms with Gasteiger partial charge in [0.1, 0.15) is 11.3 Å². The first-order chi connectivity index (χ1) is 7.39. The molecule has 0 atom stereocenters. The average Bonchev–Trinajstić information content (AvgIpc) is 2.17. The summed E-state index contributed by atoms with van der Waals surface area (Å²) < 4.78 is -1.52. The van der Waals surface area contributed by atoms with Crippen LogP contribution in [0.3, 0.4) is 0 Å². The van der Waals surface area contributed by atoms with Crippen LogP contribution in [0.15, 0.2) is 24.3 Å². The number of hydrogen-bond acceptors (Lipinski definition) is 2. The molecule has 0 aliphatic carbocycles. The van der Waals surface area contributed by atoms with E-state index in [-0.39, 0.29) is 23.1 Å². The number of aryl methyl sites for hydroxylation is 1. The van der Waals surface area contributed by atoms with Gasteiger partial charge in [0, 0.05) is 34.0 Å². The van der Waals surface area contributed by atoms with E-state index in [1.54, 1.807) is 12.1 Å². The van der Waals surface area contributed by atoms with Crippen molar-refractivity contribution in [3.63, 3.8) is 0 Å². The molecule has 1 N–H and O–H groups in total. The van der Waals surface area contributed by atoms with Crippen LogP contribution < -0.4 is 0 Å². The molecule has 0 fully saturated rings. The molecule has 0 saturated carbocycles. The van der Waals surface area contributed by atoms with Crippen molar-refractivity contribution in [1.29, 1.82) is 0 Å². The van der Waals surface area contributed by atoms with Crippen molar-refractivity contribution in [2.45, 2.75) is 10.7 Å². The second kappa shape index (κ2) is 5.22. The van der Waals surface area contributed by atoms with Gasteiger partial charge in [0.15, 0.2) is 0 Å². The van der Waals surface area contributed by atoms with Crippen molar-refractivity contribution in [3.8, 4) is 5.75 Å². The van der Waals surface area contributed by atoms with E-state index in [1.807, 2.05) is 13.0 Å². The predicted octanol–water partition coefficient (Wildman–Crippen LogP) is 3.69. The Morgan fingerprint density at radius 3 is 2.35 bits per heavy atom. The minimum atomic E-state index is -1.52. The van der Waals surface area contributed by atoms with Gasteiger partial charge in [-0.15, -0.1) is 0 Å². The molecule has 2 aromatic rings. The number of hydrogen-bond donors (Lipinski definition) is 1. The first kappa shape index (κ1) is 14.9. The Morgan fingerprint density at radius 2 is 1.76 bits per heavy atom. The van der Waals surface area contributed by atoms with Crippen LogP contribution in [0.2, 0.25) is 0 Å². The summed E-state index contributed by atoms with van der Waals surface area (Å²) in [6.45, 7) is 1.83. The first-order valence-corrected chi connectivity index (χ1v) is 5.69. The van der Waals surface area contributed by atoms with Crippen molar-refractivity contribution in [2.75, 3.05) is 0 Å². The normalized spacial score (nSPS) is 11.3. The highest BCUT2D eigenvalue weighted by Gasteiger charge is 2.26. The summed E-state index contributed by atoms with van der Waals surface area (Å²) in [6.07, 6.45) is 0. The number of aromatic nitrogens is 1. The number of pyridine rings is 1. The molecule has 0 bridgehead atoms. The van der Waals surface area contributed by atoms with E-state index >= 15 is 0 Å². The molecular weight excluding hydrogens is 295 g/mol. The van der Waals surface area contributed by atoms with Crippen LogP contribution >= 0.6 is 34.8 Å². The number of rotatable bonds is 0. The van der Waals surface area contributed by atoms with Crippen LogP contribution in [0.4, 0.5) is 0 Å². The molecule has 0 aliphatic rings. The number of fused-ring (bicyclic) bond motifs is 1. The SMILES string of the molecule is Cc1ccc2c(C(Cl)(Cl)Cl)ccc(O)c2n1.[Al]. The zero-order valence-electron chi connectivity index (χ0n) is 8.92. The number of nitrogens with zero attached hydrogens (tertiary/aromatic N) is 1. The topological polar surface area (TPSA) is 33.1 Å². The molecule has 0 amide bonds. The first-order valence-electron chi connectivity index (χ1n) is 4.56. The van der Waals surface area contributed by atoms with Crippen molar-refractivity contribution < 1.29 is 5.11 Å². The van der Waals surface area contributed by atoms with Crippen LogP contribution in [0.5, 0.6) is 5.75 Å². The summed E-state index contributed by atoms with van der Waals surface area (Å²) in [6, 6.07) is 6.66. The highest BCUT2D eigenvalue weighted by molar-refractivity contribution is 6.67. The van der Waals surface area contributed by atoms with Crippen LogP contribution in [-0.4, -0.2) is 27.5 Å². The van der Waals surface area contributed by atoms with Gasteiger partial charge in [-0.25, -0.2) is 4.98 Å². The highest BCUT2D eigenvalue weighted by atomic mass is 35.6. The molecule has 87 valence electrons. The minimum Gasteiger partial charge on any atom is -0.506 e. The zero-order valence-corrected chi connectivity index (χ0v) is 12.3. The standard InChI is InChI=1S/C11H8Cl3NO.Al/c1-6-2-3-7-8(11(12,13)14)4-5-9(16)10(7)15-6;/h2-5,16H,1H3;. The van der Waals surface area contributed by atoms with Crippen molar-refractivity contribution in [3.05, 3.63) is 35.5 Å². The third-order valence-electron chi connectivity index (χ3n) is 2.28. The van der Waals surface area contributed by atoms with Crippen LogP contribution in [0, 0.1) is 6.92 Å². The maximum Gasteiger partial charge on any atom is 0.216 e. The molecule has 0 aliphatic heterocycles. The molecule has 1 aromatic heterocycles. The molecule has 2 rings (SSSR count). The van der Waals surface area contributed by atoms with E-state index in [0.29, 0.717) is 16.5 Å². The monoisotopic (exact) mass is 302 g/mol. The van der Waals surface area contributed by atoms with Crippen LogP contribution in [0.25, 0.3) is 10.9 Å². The summed E-state index contributed by atoms with van der Waals surface area (Å²) in [7, 11) is 0. The van der Waals surface area contributed by atoms with Crippen molar-refractivity contribution >= 4 is 63.1 Å². The second-order valence-electron chi connectivity index (χ2n) is 3.48. The van der Waals surface area contributed by atoms with E-state index < -0.39 is 3.79 Å². The Morgan fingerprint density at radius 1 is 1.12 bits per heavy atom. The number of alkyl halides is 3. The largest absolute Gasteiger partial charge is 0.506 e. The zero-order chi connectivity index (χ0) is 11.9. The predicted molar refractivity (Wildman–Crippen MR) is 73.1 cm³/mol. The number of halogens is 3. The fourth-order valence-corrected chi connectivity index (χ4v) is 2.04. The molecule has 0 unspecified atom stereocenters. The lowest BCUT2D eigenvalue weighted by Crippen LogP contribution is -2.01. The van der Waals surface area contributed by atoms with E-state index in [9.17, 15) is 5.11 Å². The van der Waals surface area contributed by atoms with Gasteiger partial charge in [0.2, 0.25) is 3.79 Å². The number of phenols is 1. The summed E-state index contributed by atoms with van der Waals surface area (Å²) in [5, 5.41) is 10.3. The van der Waals surface area contributed by atoms with Gasteiger partial charge in [-0.2, -0.15) is 0 Å². The van der Waals surface area contributed by atoms with Crippen LogP contribution in [-0.2, 0) is 3.79 Å². The number of aromatic hydroxyl groups is 1. The molecule has 1 aromatic carbocycles. The summed E-state index contributed by atoms with van der Waals surface area (Å²) in [5.41, 5.74) is 1.76. The molecule has 2 nitrogen and oxygen atoms in total. The van der Waals surface area contributed by atoms with Gasteiger partial charge in [0.05, 0.1) is 0 Å². The highest BCUT2D eigenvalue weighted by Crippen LogP contribution is 2.42. The Kier molecular flexibility index (Phi) is 4.57. The Labute approximate surface area is 125 Å². The maximum absolute atomic E-state index is 9.69. The van der Waals surface area contributed by atoms with Gasteiger partial charge < -0.3 is 5.11 Å². The Balaban J connectivity index is 0.00000144. The van der Waals surface area contributed by atoms with E-state index in [2.05, 4.69) is 4.98 Å². The Hall–Kier alpha value is -0.168. The molecule has 1 heterocycles. The minimum absolute atomic E-state index is 0. The van der Waals surface area contributed by atoms with E-state index in [1.165, 1.54) is 6.07 Å². The lowest BCUT2D eigenvalue weighted by atomic mass is 10.1. The number of benzene rings is 1. The fourth-order valence-electron chi connectivity index (χ4n) is 1.55. The fraction of sp³-hybridized carbons (Fsp3) is 0.182. The molecule has 17 heavy (non-hydrogen) atoms. The Bertz CT molecular complexity index is 554. The van der Waals surface area contributed by atoms with Crippen molar-refractivity contribution in [1.82, 2.24) is 4.98 Å². The molecule has 0 spiro atoms. The third-order valence-corrected chi connectivity index (χ3v) is 2.89. The van der Waals surface area contributed by atoms with Gasteiger partial charge in [-0.05, 0) is 19.1 Å². The summed E-state index contributed by atoms with van der Waals surface area (Å²) in [5.74, 6) is 0.0803. The smallest absolute Gasteiger partial charge is 0.216 e. The number of phenolic OH excluding ortho intramolecular Hbond substituents is 1. The van der Waals surface area contributed by atoms with Gasteiger partial charge in [-0.3, -0.25) is 0 Å². The van der Waals surface area contributed by atoms with Gasteiger partial charge >= 0.3 is 0 Å². The second-order valence-corrected chi connectivity index (χ2v) is 5.76. The maximum atomic E-state index is 9.69. The van der Waals surface area contributed by atoms with E-state index in [0.717, 1.165) is 5.69 Å². The molecule has 3 radical (unpaired) electrons. The third kappa shape index (κ3) is 2.99. The average molecular weight is 304 g/mol. The lowest BCUT2D eigenvalue weighted by Gasteiger charge is -2.14. The lowest BCUT2D eigenvalue weighted by molar-refractivity contribution is 0.480. The van der Waals surface area contributed by atoms with Crippen LogP contribution in [0.1, 0.15) is 11.3 Å². The molecule has 6 heteroatoms. The molecule has 0 saturated heterocycles. The molecular formula is C11H8AlCl3NO. The van der Waals surface area contributed by atoms with Crippen molar-refractivity contribution in [2.24, 2.45) is 0 Å². The van der Waals surface area contributed by atoms with Gasteiger partial charge in [0.25, 0.3) is 0 Å².